The van der Waals surface area contributed by atoms with Crippen LogP contribution in [0.1, 0.15) is 12.5 Å². The van der Waals surface area contributed by atoms with E-state index in [4.69, 9.17) is 23.2 Å². The molecule has 3 aromatic rings. The summed E-state index contributed by atoms with van der Waals surface area (Å²) in [6.45, 7) is 2.72. The molecule has 0 spiro atoms. The molecule has 0 bridgehead atoms. The number of para-hydroxylation sites is 2. The zero-order valence-electron chi connectivity index (χ0n) is 12.5. The topological polar surface area (TPSA) is 46.9 Å². The lowest BCUT2D eigenvalue weighted by Gasteiger charge is -2.09. The minimum absolute atomic E-state index is 0.103. The first kappa shape index (κ1) is 15.8. The van der Waals surface area contributed by atoms with Gasteiger partial charge in [0, 0.05) is 16.6 Å². The Labute approximate surface area is 144 Å². The maximum Gasteiger partial charge on any atom is 0.231 e. The van der Waals surface area contributed by atoms with Crippen molar-refractivity contribution in [3.05, 3.63) is 58.1 Å². The van der Waals surface area contributed by atoms with Crippen molar-refractivity contribution in [3.63, 3.8) is 0 Å². The summed E-state index contributed by atoms with van der Waals surface area (Å²) in [7, 11) is 0. The molecule has 4 nitrogen and oxygen atoms in total. The zero-order chi connectivity index (χ0) is 16.4. The fourth-order valence-corrected chi connectivity index (χ4v) is 3.05. The van der Waals surface area contributed by atoms with E-state index in [1.165, 1.54) is 0 Å². The van der Waals surface area contributed by atoms with Gasteiger partial charge in [0.15, 0.2) is 0 Å². The van der Waals surface area contributed by atoms with Crippen LogP contribution in [0.25, 0.3) is 11.0 Å². The lowest BCUT2D eigenvalue weighted by molar-refractivity contribution is -0.115. The van der Waals surface area contributed by atoms with Gasteiger partial charge in [-0.1, -0.05) is 41.4 Å². The molecule has 0 aliphatic rings. The molecule has 118 valence electrons. The first-order chi connectivity index (χ1) is 11.1. The first-order valence-corrected chi connectivity index (χ1v) is 8.03. The summed E-state index contributed by atoms with van der Waals surface area (Å²) in [6.07, 6.45) is 0.103. The van der Waals surface area contributed by atoms with Crippen molar-refractivity contribution < 1.29 is 4.79 Å². The lowest BCUT2D eigenvalue weighted by Crippen LogP contribution is -2.18. The van der Waals surface area contributed by atoms with Crippen LogP contribution in [-0.4, -0.2) is 15.5 Å². The van der Waals surface area contributed by atoms with Gasteiger partial charge in [0.25, 0.3) is 0 Å². The molecule has 1 N–H and O–H groups in total. The number of halogens is 2. The number of amides is 1. The highest BCUT2D eigenvalue weighted by Gasteiger charge is 2.15. The van der Waals surface area contributed by atoms with Crippen molar-refractivity contribution in [3.8, 4) is 0 Å². The molecule has 6 heteroatoms. The SMILES string of the molecule is CCn1c(NC(=O)Cc2c(Cl)cccc2Cl)nc2ccccc21. The Balaban J connectivity index is 1.86. The number of hydrogen-bond acceptors (Lipinski definition) is 2. The third-order valence-electron chi connectivity index (χ3n) is 3.62. The maximum atomic E-state index is 12.3. The van der Waals surface area contributed by atoms with E-state index in [0.717, 1.165) is 11.0 Å². The summed E-state index contributed by atoms with van der Waals surface area (Å²) in [5.41, 5.74) is 2.45. The molecule has 1 amide bonds. The van der Waals surface area contributed by atoms with Crippen molar-refractivity contribution >= 4 is 46.1 Å². The molecule has 2 aromatic carbocycles. The van der Waals surface area contributed by atoms with Gasteiger partial charge in [-0.05, 0) is 36.8 Å². The summed E-state index contributed by atoms with van der Waals surface area (Å²) in [5.74, 6) is 0.326. The number of benzene rings is 2. The number of carbonyl (C=O) groups is 1. The molecule has 0 fully saturated rings. The van der Waals surface area contributed by atoms with Gasteiger partial charge in [-0.15, -0.1) is 0 Å². The number of aromatic nitrogens is 2. The van der Waals surface area contributed by atoms with E-state index in [9.17, 15) is 4.79 Å². The number of hydrogen-bond donors (Lipinski definition) is 1. The summed E-state index contributed by atoms with van der Waals surface area (Å²) >= 11 is 12.2. The van der Waals surface area contributed by atoms with Gasteiger partial charge in [0.05, 0.1) is 17.5 Å². The van der Waals surface area contributed by atoms with Gasteiger partial charge in [-0.25, -0.2) is 4.98 Å². The van der Waals surface area contributed by atoms with Crippen molar-refractivity contribution in [2.24, 2.45) is 0 Å². The quantitative estimate of drug-likeness (QED) is 0.752. The van der Waals surface area contributed by atoms with E-state index >= 15 is 0 Å². The van der Waals surface area contributed by atoms with Crippen LogP contribution in [0, 0.1) is 0 Å². The number of carbonyl (C=O) groups excluding carboxylic acids is 1. The number of rotatable bonds is 4. The van der Waals surface area contributed by atoms with Gasteiger partial charge in [0.1, 0.15) is 0 Å². The Morgan fingerprint density at radius 3 is 2.52 bits per heavy atom. The largest absolute Gasteiger partial charge is 0.310 e. The van der Waals surface area contributed by atoms with E-state index in [1.807, 2.05) is 35.8 Å². The molecule has 0 aliphatic heterocycles. The summed E-state index contributed by atoms with van der Waals surface area (Å²) in [5, 5.41) is 3.82. The third-order valence-corrected chi connectivity index (χ3v) is 4.33. The average Bonchev–Trinajstić information content (AvgIpc) is 2.88. The Morgan fingerprint density at radius 1 is 1.13 bits per heavy atom. The average molecular weight is 348 g/mol. The molecular formula is C17H15Cl2N3O. The minimum atomic E-state index is -0.204. The van der Waals surface area contributed by atoms with Crippen LogP contribution in [0.2, 0.25) is 10.0 Å². The van der Waals surface area contributed by atoms with Crippen molar-refractivity contribution in [1.29, 1.82) is 0 Å². The van der Waals surface area contributed by atoms with Crippen LogP contribution in [0.5, 0.6) is 0 Å². The van der Waals surface area contributed by atoms with E-state index < -0.39 is 0 Å². The summed E-state index contributed by atoms with van der Waals surface area (Å²) < 4.78 is 1.96. The molecule has 0 atom stereocenters. The third kappa shape index (κ3) is 3.19. The standard InChI is InChI=1S/C17H15Cl2N3O/c1-2-22-15-9-4-3-8-14(15)20-17(22)21-16(23)10-11-12(18)6-5-7-13(11)19/h3-9H,2,10H2,1H3,(H,20,21,23). The predicted molar refractivity (Wildman–Crippen MR) is 94.2 cm³/mol. The van der Waals surface area contributed by atoms with Crippen molar-refractivity contribution in [2.45, 2.75) is 19.9 Å². The number of aryl methyl sites for hydroxylation is 1. The normalized spacial score (nSPS) is 10.9. The van der Waals surface area contributed by atoms with E-state index in [-0.39, 0.29) is 12.3 Å². The highest BCUT2D eigenvalue weighted by molar-refractivity contribution is 6.36. The van der Waals surface area contributed by atoms with Crippen LogP contribution in [0.3, 0.4) is 0 Å². The second kappa shape index (κ2) is 6.60. The van der Waals surface area contributed by atoms with Crippen molar-refractivity contribution in [2.75, 3.05) is 5.32 Å². The number of nitrogens with zero attached hydrogens (tertiary/aromatic N) is 2. The smallest absolute Gasteiger partial charge is 0.231 e. The number of fused-ring (bicyclic) bond motifs is 1. The second-order valence-corrected chi connectivity index (χ2v) is 5.91. The van der Waals surface area contributed by atoms with E-state index in [1.54, 1.807) is 18.2 Å². The van der Waals surface area contributed by atoms with Gasteiger partial charge in [-0.2, -0.15) is 0 Å². The van der Waals surface area contributed by atoms with Crippen LogP contribution in [0.15, 0.2) is 42.5 Å². The second-order valence-electron chi connectivity index (χ2n) is 5.09. The summed E-state index contributed by atoms with van der Waals surface area (Å²) in [4.78, 5) is 16.8. The number of nitrogens with one attached hydrogen (secondary N) is 1. The molecule has 0 radical (unpaired) electrons. The predicted octanol–water partition coefficient (Wildman–Crippen LogP) is 4.54. The van der Waals surface area contributed by atoms with Gasteiger partial charge in [-0.3, -0.25) is 10.1 Å². The molecular weight excluding hydrogens is 333 g/mol. The molecule has 1 aromatic heterocycles. The van der Waals surface area contributed by atoms with Gasteiger partial charge < -0.3 is 4.57 Å². The number of anilines is 1. The number of imidazole rings is 1. The van der Waals surface area contributed by atoms with Crippen LogP contribution in [0.4, 0.5) is 5.95 Å². The highest BCUT2D eigenvalue weighted by atomic mass is 35.5. The fraction of sp³-hybridized carbons (Fsp3) is 0.176. The zero-order valence-corrected chi connectivity index (χ0v) is 14.0. The molecule has 0 unspecified atom stereocenters. The fourth-order valence-electron chi connectivity index (χ4n) is 2.52. The molecule has 23 heavy (non-hydrogen) atoms. The first-order valence-electron chi connectivity index (χ1n) is 7.28. The summed E-state index contributed by atoms with van der Waals surface area (Å²) in [6, 6.07) is 13.0. The molecule has 0 saturated heterocycles. The Hall–Kier alpha value is -2.04. The van der Waals surface area contributed by atoms with Gasteiger partial charge in [0.2, 0.25) is 11.9 Å². The Bertz CT molecular complexity index is 853. The molecule has 1 heterocycles. The Kier molecular flexibility index (Phi) is 4.55. The van der Waals surface area contributed by atoms with E-state index in [0.29, 0.717) is 28.1 Å². The Morgan fingerprint density at radius 2 is 1.83 bits per heavy atom. The monoisotopic (exact) mass is 347 g/mol. The molecule has 3 rings (SSSR count). The van der Waals surface area contributed by atoms with Gasteiger partial charge >= 0.3 is 0 Å². The maximum absolute atomic E-state index is 12.3. The van der Waals surface area contributed by atoms with Crippen LogP contribution in [-0.2, 0) is 17.8 Å². The van der Waals surface area contributed by atoms with Crippen LogP contribution >= 0.6 is 23.2 Å². The molecule has 0 aliphatic carbocycles. The van der Waals surface area contributed by atoms with Crippen molar-refractivity contribution in [1.82, 2.24) is 9.55 Å². The minimum Gasteiger partial charge on any atom is -0.310 e. The molecule has 0 saturated carbocycles. The lowest BCUT2D eigenvalue weighted by atomic mass is 10.1. The van der Waals surface area contributed by atoms with E-state index in [2.05, 4.69) is 10.3 Å². The van der Waals surface area contributed by atoms with Crippen LogP contribution < -0.4 is 5.32 Å². The highest BCUT2D eigenvalue weighted by Crippen LogP contribution is 2.25.